The molecular formula is C108H67NO2. The van der Waals surface area contributed by atoms with Gasteiger partial charge in [0.05, 0.1) is 46.7 Å². The van der Waals surface area contributed by atoms with Gasteiger partial charge >= 0.3 is 0 Å². The fourth-order valence-electron chi connectivity index (χ4n) is 16.6. The monoisotopic (exact) mass is 1440 g/mol. The van der Waals surface area contributed by atoms with Crippen LogP contribution in [-0.2, 0) is 0 Å². The number of furan rings is 2. The second-order valence-corrected chi connectivity index (χ2v) is 27.2. The first kappa shape index (κ1) is 42.6. The van der Waals surface area contributed by atoms with E-state index in [1.807, 2.05) is 200 Å². The molecule has 0 atom stereocenters. The van der Waals surface area contributed by atoms with Crippen molar-refractivity contribution in [1.82, 2.24) is 4.57 Å². The summed E-state index contributed by atoms with van der Waals surface area (Å²) < 4.78 is 250. The van der Waals surface area contributed by atoms with Crippen molar-refractivity contribution in [3.8, 4) is 94.7 Å². The molecule has 20 aromatic carbocycles. The van der Waals surface area contributed by atoms with Crippen molar-refractivity contribution in [2.45, 2.75) is 0 Å². The average Bonchev–Trinajstić information content (AvgIpc) is 1.54. The molecule has 23 rings (SSSR count). The summed E-state index contributed by atoms with van der Waals surface area (Å²) in [5.74, 6) is 0. The Balaban J connectivity index is 0.000000161. The molecule has 516 valence electrons. The third-order valence-corrected chi connectivity index (χ3v) is 21.3. The molecule has 0 spiro atoms. The molecule has 3 heteroatoms. The second-order valence-electron chi connectivity index (χ2n) is 27.2. The Morgan fingerprint density at radius 3 is 1.23 bits per heavy atom. The summed E-state index contributed by atoms with van der Waals surface area (Å²) in [6.45, 7) is 0. The van der Waals surface area contributed by atoms with E-state index in [2.05, 4.69) is 47.0 Å². The molecule has 0 radical (unpaired) electrons. The van der Waals surface area contributed by atoms with E-state index in [9.17, 15) is 11.0 Å². The Bertz CT molecular complexity index is 9160. The van der Waals surface area contributed by atoms with Crippen molar-refractivity contribution in [1.29, 1.82) is 0 Å². The van der Waals surface area contributed by atoms with Gasteiger partial charge in [0.1, 0.15) is 22.3 Å². The SMILES string of the molecule is [2H]c1c([2H])c([2H])c(-c2c3c([2H])c([2H])c([2H])c([2H])c3c(-c3cc(-c4ccc5oc6cccc(-c7ccccc7)c6c5c4)cc4ccccc34)c3c([2H])c([2H])c([2H])c([2H])c23)c([2H])c1[2H].[2H]c1c([2H])c([2H])c(-c2c3c([2H])c([2H])c([2H])c([2H])c3c(-c3cc(-c4ccc5oc6ccccc6c5c4-c4ccc5c6ccccc6n(-c6ccccc6)c5c4)cc4ccccc34)c3c([2H])c([2H])c([2H])c([2H])c23)c([2H])c1[2H]. The van der Waals surface area contributed by atoms with Crippen molar-refractivity contribution in [2.75, 3.05) is 0 Å². The van der Waals surface area contributed by atoms with Crippen molar-refractivity contribution in [3.05, 3.63) is 406 Å². The Hall–Kier alpha value is -14.6. The summed E-state index contributed by atoms with van der Waals surface area (Å²) in [4.78, 5) is 0. The molecule has 0 saturated carbocycles. The minimum Gasteiger partial charge on any atom is -0.456 e. The molecule has 0 N–H and O–H groups in total. The van der Waals surface area contributed by atoms with Gasteiger partial charge in [0, 0.05) is 43.6 Å². The van der Waals surface area contributed by atoms with Gasteiger partial charge in [-0.2, -0.15) is 0 Å². The molecule has 0 aliphatic carbocycles. The number of nitrogens with zero attached hydrogens (tertiary/aromatic N) is 1. The maximum Gasteiger partial charge on any atom is 0.136 e. The average molecular weight is 1440 g/mol. The lowest BCUT2D eigenvalue weighted by Gasteiger charge is -2.20. The standard InChI is InChI=1S/C60H37NO.C48H30O/c1-3-17-38(18-4-1)57-47-24-9-11-26-49(47)59(50-27-12-10-25-48(50)57)52-36-41(35-39-19-7-8-22-43(39)52)44-33-34-56-60(51-28-14-16-30-55(51)62-56)58(44)40-31-32-46-45-23-13-15-29-53(45)61(54(46)37-40)42-20-5-2-6-21-42;1-3-14-31(15-4-1)37-24-13-25-45-48(37)43-29-33(26-27-44(43)49-45)35-28-34-18-7-8-19-36(34)42(30-35)47-40-22-11-9-20-38(40)46(32-16-5-2-6-17-32)39-21-10-12-23-41(39)47/h1-37H;1-30H/i1D,3D,4D,9D,10D,11D,12D,17D,18D,24D,25D,26D,27D;2D,5D,6D,9D,10D,11D,12D,16D,17D,20D,21D,22D,23D. The maximum atomic E-state index is 9.71. The molecule has 3 aromatic heterocycles. The summed E-state index contributed by atoms with van der Waals surface area (Å²) in [6, 6.07) is 64.0. The van der Waals surface area contributed by atoms with Gasteiger partial charge in [-0.1, -0.05) is 327 Å². The molecule has 0 saturated heterocycles. The smallest absolute Gasteiger partial charge is 0.136 e. The van der Waals surface area contributed by atoms with Crippen molar-refractivity contribution >= 4 is 130 Å². The predicted molar refractivity (Wildman–Crippen MR) is 470 cm³/mol. The molecule has 23 aromatic rings. The lowest BCUT2D eigenvalue weighted by atomic mass is 9.83. The Kier molecular flexibility index (Phi) is 10.0. The first-order chi connectivity index (χ1) is 65.9. The topological polar surface area (TPSA) is 31.2 Å². The van der Waals surface area contributed by atoms with Gasteiger partial charge in [-0.05, 0) is 227 Å². The fraction of sp³-hybridized carbons (Fsp3) is 0. The van der Waals surface area contributed by atoms with Gasteiger partial charge in [0.25, 0.3) is 0 Å². The molecule has 0 unspecified atom stereocenters. The van der Waals surface area contributed by atoms with E-state index in [0.717, 1.165) is 87.8 Å². The van der Waals surface area contributed by atoms with E-state index in [1.165, 1.54) is 0 Å². The molecule has 0 bridgehead atoms. The van der Waals surface area contributed by atoms with Crippen LogP contribution >= 0.6 is 0 Å². The number of para-hydroxylation sites is 3. The zero-order valence-electron chi connectivity index (χ0n) is 84.4. The highest BCUT2D eigenvalue weighted by Crippen LogP contribution is 2.52. The number of hydrogen-bond donors (Lipinski definition) is 0. The van der Waals surface area contributed by atoms with Crippen molar-refractivity contribution < 1.29 is 44.5 Å². The third kappa shape index (κ3) is 10.4. The quantitative estimate of drug-likeness (QED) is 0.135. The number of benzene rings is 20. The summed E-state index contributed by atoms with van der Waals surface area (Å²) in [5.41, 5.74) is 11.6. The normalized spacial score (nSPS) is 15.1. The molecule has 0 amide bonds. The zero-order chi connectivity index (χ0) is 95.7. The molecule has 3 nitrogen and oxygen atoms in total. The Morgan fingerprint density at radius 2 is 0.640 bits per heavy atom. The van der Waals surface area contributed by atoms with Crippen LogP contribution in [0, 0.1) is 0 Å². The van der Waals surface area contributed by atoms with Crippen molar-refractivity contribution in [3.63, 3.8) is 0 Å². The lowest BCUT2D eigenvalue weighted by Crippen LogP contribution is -1.94. The molecule has 0 aliphatic rings. The van der Waals surface area contributed by atoms with E-state index in [4.69, 9.17) is 33.5 Å². The van der Waals surface area contributed by atoms with Crippen LogP contribution in [0.1, 0.15) is 35.6 Å². The van der Waals surface area contributed by atoms with Crippen LogP contribution in [0.4, 0.5) is 0 Å². The van der Waals surface area contributed by atoms with E-state index < -0.39 is 168 Å². The van der Waals surface area contributed by atoms with Crippen LogP contribution in [0.25, 0.3) is 225 Å². The molecule has 0 aliphatic heterocycles. The number of fused-ring (bicyclic) bond motifs is 15. The minimum absolute atomic E-state index is 0.0540. The van der Waals surface area contributed by atoms with Gasteiger partial charge in [0.2, 0.25) is 0 Å². The van der Waals surface area contributed by atoms with E-state index in [0.29, 0.717) is 60.7 Å². The van der Waals surface area contributed by atoms with Crippen LogP contribution < -0.4 is 0 Å². The van der Waals surface area contributed by atoms with Crippen LogP contribution in [0.3, 0.4) is 0 Å². The summed E-state index contributed by atoms with van der Waals surface area (Å²) in [5, 5.41) is 6.63. The first-order valence-corrected chi connectivity index (χ1v) is 36.1. The van der Waals surface area contributed by atoms with Gasteiger partial charge in [-0.25, -0.2) is 0 Å². The molecule has 0 fully saturated rings. The predicted octanol–water partition coefficient (Wildman–Crippen LogP) is 30.5. The minimum atomic E-state index is -0.726. The van der Waals surface area contributed by atoms with Crippen LogP contribution in [0.2, 0.25) is 0 Å². The zero-order valence-corrected chi connectivity index (χ0v) is 58.4. The van der Waals surface area contributed by atoms with E-state index >= 15 is 0 Å². The van der Waals surface area contributed by atoms with E-state index in [1.54, 1.807) is 6.07 Å². The first-order valence-electron chi connectivity index (χ1n) is 49.1. The Labute approximate surface area is 677 Å². The number of aromatic nitrogens is 1. The van der Waals surface area contributed by atoms with Gasteiger partial charge in [-0.15, -0.1) is 0 Å². The highest BCUT2D eigenvalue weighted by Gasteiger charge is 2.26. The molecule has 3 heterocycles. The molecule has 111 heavy (non-hydrogen) atoms. The third-order valence-electron chi connectivity index (χ3n) is 21.3. The summed E-state index contributed by atoms with van der Waals surface area (Å²) in [6.07, 6.45) is 0. The Morgan fingerprint density at radius 1 is 0.198 bits per heavy atom. The summed E-state index contributed by atoms with van der Waals surface area (Å²) in [7, 11) is 0. The highest BCUT2D eigenvalue weighted by atomic mass is 16.3. The van der Waals surface area contributed by atoms with Crippen LogP contribution in [-0.4, -0.2) is 4.57 Å². The lowest BCUT2D eigenvalue weighted by molar-refractivity contribution is 0.668. The van der Waals surface area contributed by atoms with Gasteiger partial charge in [0.15, 0.2) is 0 Å². The largest absolute Gasteiger partial charge is 0.456 e. The van der Waals surface area contributed by atoms with Crippen molar-refractivity contribution in [2.24, 2.45) is 0 Å². The number of hydrogen-bond acceptors (Lipinski definition) is 2. The summed E-state index contributed by atoms with van der Waals surface area (Å²) >= 11 is 0. The van der Waals surface area contributed by atoms with Crippen LogP contribution in [0.5, 0.6) is 0 Å². The van der Waals surface area contributed by atoms with Gasteiger partial charge < -0.3 is 13.4 Å². The highest BCUT2D eigenvalue weighted by molar-refractivity contribution is 6.27. The fourth-order valence-corrected chi connectivity index (χ4v) is 16.6. The number of rotatable bonds is 9. The second kappa shape index (κ2) is 26.1. The van der Waals surface area contributed by atoms with Crippen LogP contribution in [0.15, 0.2) is 415 Å². The van der Waals surface area contributed by atoms with E-state index in [-0.39, 0.29) is 65.3 Å². The molecular weight excluding hydrogens is 1340 g/mol. The maximum absolute atomic E-state index is 9.71. The van der Waals surface area contributed by atoms with Gasteiger partial charge in [-0.3, -0.25) is 0 Å².